The minimum absolute atomic E-state index is 0.0469. The van der Waals surface area contributed by atoms with Gasteiger partial charge in [-0.3, -0.25) is 9.59 Å². The molecule has 0 unspecified atom stereocenters. The minimum Gasteiger partial charge on any atom is -0.338 e. The van der Waals surface area contributed by atoms with Gasteiger partial charge in [0, 0.05) is 13.0 Å². The quantitative estimate of drug-likeness (QED) is 0.850. The first kappa shape index (κ1) is 13.7. The first-order valence-electron chi connectivity index (χ1n) is 7.32. The van der Waals surface area contributed by atoms with Gasteiger partial charge in [0.2, 0.25) is 5.91 Å². The highest BCUT2D eigenvalue weighted by molar-refractivity contribution is 5.77. The van der Waals surface area contributed by atoms with Crippen molar-refractivity contribution in [3.05, 3.63) is 34.6 Å². The molecule has 2 aromatic rings. The normalized spacial score (nSPS) is 18.3. The Morgan fingerprint density at radius 1 is 1.38 bits per heavy atom. The van der Waals surface area contributed by atoms with Crippen LogP contribution >= 0.6 is 0 Å². The number of hydrogen-bond donors (Lipinski definition) is 0. The van der Waals surface area contributed by atoms with Crippen LogP contribution in [0.2, 0.25) is 0 Å². The van der Waals surface area contributed by atoms with Gasteiger partial charge in [-0.1, -0.05) is 24.3 Å². The largest absolute Gasteiger partial charge is 0.338 e. The van der Waals surface area contributed by atoms with E-state index >= 15 is 0 Å². The molecule has 1 aromatic heterocycles. The SMILES string of the molecule is CCC(=O)N1CCC[C@H]1Cn1nnc2ccccc2c1=O. The number of amides is 1. The fraction of sp³-hybridized carbons (Fsp3) is 0.467. The highest BCUT2D eigenvalue weighted by Gasteiger charge is 2.28. The van der Waals surface area contributed by atoms with E-state index in [2.05, 4.69) is 10.3 Å². The van der Waals surface area contributed by atoms with Crippen LogP contribution in [0.5, 0.6) is 0 Å². The number of likely N-dealkylation sites (tertiary alicyclic amines) is 1. The lowest BCUT2D eigenvalue weighted by Gasteiger charge is -2.24. The van der Waals surface area contributed by atoms with Crippen LogP contribution in [0.15, 0.2) is 29.1 Å². The van der Waals surface area contributed by atoms with Crippen LogP contribution in [0.4, 0.5) is 0 Å². The molecule has 6 nitrogen and oxygen atoms in total. The predicted molar refractivity (Wildman–Crippen MR) is 78.8 cm³/mol. The van der Waals surface area contributed by atoms with E-state index in [4.69, 9.17) is 0 Å². The van der Waals surface area contributed by atoms with Crippen molar-refractivity contribution in [2.45, 2.75) is 38.8 Å². The number of hydrogen-bond acceptors (Lipinski definition) is 4. The van der Waals surface area contributed by atoms with E-state index in [1.54, 1.807) is 12.1 Å². The van der Waals surface area contributed by atoms with Gasteiger partial charge in [0.1, 0.15) is 5.52 Å². The number of carbonyl (C=O) groups excluding carboxylic acids is 1. The van der Waals surface area contributed by atoms with Gasteiger partial charge in [0.05, 0.1) is 18.0 Å². The van der Waals surface area contributed by atoms with Crippen molar-refractivity contribution in [3.63, 3.8) is 0 Å². The number of benzene rings is 1. The third-order valence-electron chi connectivity index (χ3n) is 4.01. The Kier molecular flexibility index (Phi) is 3.68. The molecule has 21 heavy (non-hydrogen) atoms. The molecule has 0 N–H and O–H groups in total. The van der Waals surface area contributed by atoms with E-state index in [0.29, 0.717) is 23.9 Å². The van der Waals surface area contributed by atoms with Gasteiger partial charge in [-0.05, 0) is 25.0 Å². The molecular formula is C15H18N4O2. The van der Waals surface area contributed by atoms with Gasteiger partial charge in [-0.15, -0.1) is 5.10 Å². The third kappa shape index (κ3) is 2.53. The molecule has 1 aliphatic rings. The van der Waals surface area contributed by atoms with Gasteiger partial charge in [0.15, 0.2) is 0 Å². The average Bonchev–Trinajstić information content (AvgIpc) is 2.98. The molecule has 6 heteroatoms. The second kappa shape index (κ2) is 5.63. The Hall–Kier alpha value is -2.24. The van der Waals surface area contributed by atoms with Crippen LogP contribution in [0, 0.1) is 0 Å². The maximum Gasteiger partial charge on any atom is 0.277 e. The first-order valence-corrected chi connectivity index (χ1v) is 7.32. The lowest BCUT2D eigenvalue weighted by Crippen LogP contribution is -2.40. The summed E-state index contributed by atoms with van der Waals surface area (Å²) < 4.78 is 1.38. The Bertz CT molecular complexity index is 725. The zero-order valence-corrected chi connectivity index (χ0v) is 12.0. The summed E-state index contributed by atoms with van der Waals surface area (Å²) >= 11 is 0. The highest BCUT2D eigenvalue weighted by Crippen LogP contribution is 2.19. The Balaban J connectivity index is 1.90. The minimum atomic E-state index is -0.142. The van der Waals surface area contributed by atoms with Crippen molar-refractivity contribution in [2.75, 3.05) is 6.54 Å². The molecule has 1 aromatic carbocycles. The van der Waals surface area contributed by atoms with E-state index in [1.807, 2.05) is 24.0 Å². The molecule has 0 aliphatic carbocycles. The number of rotatable bonds is 3. The predicted octanol–water partition coefficient (Wildman–Crippen LogP) is 1.19. The zero-order chi connectivity index (χ0) is 14.8. The molecule has 0 saturated carbocycles. The number of carbonyl (C=O) groups is 1. The van der Waals surface area contributed by atoms with Gasteiger partial charge in [-0.25, -0.2) is 4.68 Å². The lowest BCUT2D eigenvalue weighted by molar-refractivity contribution is -0.131. The second-order valence-electron chi connectivity index (χ2n) is 5.33. The molecule has 110 valence electrons. The molecule has 1 amide bonds. The molecular weight excluding hydrogens is 268 g/mol. The summed E-state index contributed by atoms with van der Waals surface area (Å²) in [6.07, 6.45) is 2.38. The topological polar surface area (TPSA) is 68.1 Å². The van der Waals surface area contributed by atoms with E-state index in [9.17, 15) is 9.59 Å². The fourth-order valence-corrected chi connectivity index (χ4v) is 2.90. The summed E-state index contributed by atoms with van der Waals surface area (Å²) in [7, 11) is 0. The summed E-state index contributed by atoms with van der Waals surface area (Å²) in [5.74, 6) is 0.138. The average molecular weight is 286 g/mol. The van der Waals surface area contributed by atoms with Crippen LogP contribution < -0.4 is 5.56 Å². The van der Waals surface area contributed by atoms with Gasteiger partial charge in [0.25, 0.3) is 5.56 Å². The number of nitrogens with zero attached hydrogens (tertiary/aromatic N) is 4. The van der Waals surface area contributed by atoms with Crippen LogP contribution in [0.3, 0.4) is 0 Å². The van der Waals surface area contributed by atoms with Crippen LogP contribution in [0.1, 0.15) is 26.2 Å². The lowest BCUT2D eigenvalue weighted by atomic mass is 10.2. The van der Waals surface area contributed by atoms with Crippen molar-refractivity contribution in [2.24, 2.45) is 0 Å². The van der Waals surface area contributed by atoms with E-state index in [-0.39, 0.29) is 17.5 Å². The molecule has 1 saturated heterocycles. The Labute approximate surface area is 122 Å². The molecule has 3 rings (SSSR count). The van der Waals surface area contributed by atoms with Crippen molar-refractivity contribution in [1.82, 2.24) is 19.9 Å². The zero-order valence-electron chi connectivity index (χ0n) is 12.0. The van der Waals surface area contributed by atoms with Gasteiger partial charge < -0.3 is 4.90 Å². The van der Waals surface area contributed by atoms with Gasteiger partial charge in [-0.2, -0.15) is 0 Å². The summed E-state index contributed by atoms with van der Waals surface area (Å²) in [5, 5.41) is 8.66. The Morgan fingerprint density at radius 2 is 2.19 bits per heavy atom. The number of fused-ring (bicyclic) bond motifs is 1. The summed E-state index contributed by atoms with van der Waals surface area (Å²) in [5.41, 5.74) is 0.461. The maximum absolute atomic E-state index is 12.4. The molecule has 0 bridgehead atoms. The molecule has 2 heterocycles. The maximum atomic E-state index is 12.4. The smallest absolute Gasteiger partial charge is 0.277 e. The van der Waals surface area contributed by atoms with E-state index in [0.717, 1.165) is 19.4 Å². The molecule has 0 spiro atoms. The van der Waals surface area contributed by atoms with Gasteiger partial charge >= 0.3 is 0 Å². The summed E-state index contributed by atoms with van der Waals surface area (Å²) in [6, 6.07) is 7.23. The molecule has 1 fully saturated rings. The highest BCUT2D eigenvalue weighted by atomic mass is 16.2. The van der Waals surface area contributed by atoms with E-state index in [1.165, 1.54) is 4.68 Å². The molecule has 1 atom stereocenters. The van der Waals surface area contributed by atoms with Crippen LogP contribution in [-0.4, -0.2) is 38.4 Å². The monoisotopic (exact) mass is 286 g/mol. The van der Waals surface area contributed by atoms with E-state index < -0.39 is 0 Å². The second-order valence-corrected chi connectivity index (χ2v) is 5.33. The molecule has 1 aliphatic heterocycles. The number of aromatic nitrogens is 3. The van der Waals surface area contributed by atoms with Crippen molar-refractivity contribution in [3.8, 4) is 0 Å². The third-order valence-corrected chi connectivity index (χ3v) is 4.01. The first-order chi connectivity index (χ1) is 10.2. The van der Waals surface area contributed by atoms with Crippen molar-refractivity contribution >= 4 is 16.8 Å². The standard InChI is InChI=1S/C15H18N4O2/c1-2-14(20)18-9-5-6-11(18)10-19-15(21)12-7-3-4-8-13(12)16-17-19/h3-4,7-8,11H,2,5-6,9-10H2,1H3/t11-/m0/s1. The fourth-order valence-electron chi connectivity index (χ4n) is 2.90. The van der Waals surface area contributed by atoms with Crippen molar-refractivity contribution in [1.29, 1.82) is 0 Å². The van der Waals surface area contributed by atoms with Crippen LogP contribution in [0.25, 0.3) is 10.9 Å². The summed E-state index contributed by atoms with van der Waals surface area (Å²) in [4.78, 5) is 26.2. The molecule has 0 radical (unpaired) electrons. The van der Waals surface area contributed by atoms with Crippen LogP contribution in [-0.2, 0) is 11.3 Å². The summed E-state index contributed by atoms with van der Waals surface area (Å²) in [6.45, 7) is 3.05. The van der Waals surface area contributed by atoms with Crippen molar-refractivity contribution < 1.29 is 4.79 Å². The Morgan fingerprint density at radius 3 is 3.00 bits per heavy atom.